The van der Waals surface area contributed by atoms with Crippen LogP contribution in [0, 0.1) is 5.82 Å². The third-order valence-corrected chi connectivity index (χ3v) is 4.23. The first kappa shape index (κ1) is 19.1. The summed E-state index contributed by atoms with van der Waals surface area (Å²) in [4.78, 5) is 4.92. The quantitative estimate of drug-likeness (QED) is 0.808. The van der Waals surface area contributed by atoms with Crippen molar-refractivity contribution in [1.29, 1.82) is 0 Å². The summed E-state index contributed by atoms with van der Waals surface area (Å²) < 4.78 is 14.0. The van der Waals surface area contributed by atoms with Gasteiger partial charge < -0.3 is 0 Å². The standard InChI is InChI=1S/C17H27FN2.C2H6/c1-13(2)16-6-5-15(11-17(16)18)12-19-7-9-20(10-8-19)14(3)4;1-2/h5-6,11,13-14H,7-10,12H2,1-4H3;1-2H3. The number of halogens is 1. The number of hydrogen-bond donors (Lipinski definition) is 0. The van der Waals surface area contributed by atoms with E-state index < -0.39 is 0 Å². The van der Waals surface area contributed by atoms with Crippen LogP contribution in [0.4, 0.5) is 4.39 Å². The van der Waals surface area contributed by atoms with E-state index in [1.54, 1.807) is 6.07 Å². The van der Waals surface area contributed by atoms with Crippen LogP contribution in [-0.4, -0.2) is 42.0 Å². The summed E-state index contributed by atoms with van der Waals surface area (Å²) in [6, 6.07) is 6.36. The second-order valence-corrected chi connectivity index (χ2v) is 6.42. The smallest absolute Gasteiger partial charge is 0.126 e. The molecule has 1 aromatic carbocycles. The number of benzene rings is 1. The first-order valence-corrected chi connectivity index (χ1v) is 8.72. The first-order valence-electron chi connectivity index (χ1n) is 8.72. The lowest BCUT2D eigenvalue weighted by Gasteiger charge is -2.37. The van der Waals surface area contributed by atoms with E-state index in [0.29, 0.717) is 6.04 Å². The van der Waals surface area contributed by atoms with Gasteiger partial charge in [0.15, 0.2) is 0 Å². The van der Waals surface area contributed by atoms with Gasteiger partial charge in [0.25, 0.3) is 0 Å². The second-order valence-electron chi connectivity index (χ2n) is 6.42. The minimum atomic E-state index is -0.0571. The van der Waals surface area contributed by atoms with Gasteiger partial charge in [-0.05, 0) is 37.0 Å². The minimum absolute atomic E-state index is 0.0571. The van der Waals surface area contributed by atoms with Crippen molar-refractivity contribution >= 4 is 0 Å². The van der Waals surface area contributed by atoms with Crippen LogP contribution >= 0.6 is 0 Å². The fraction of sp³-hybridized carbons (Fsp3) is 0.684. The lowest BCUT2D eigenvalue weighted by molar-refractivity contribution is 0.104. The van der Waals surface area contributed by atoms with Gasteiger partial charge in [-0.3, -0.25) is 9.80 Å². The van der Waals surface area contributed by atoms with E-state index in [0.717, 1.165) is 43.9 Å². The van der Waals surface area contributed by atoms with E-state index in [4.69, 9.17) is 0 Å². The molecule has 22 heavy (non-hydrogen) atoms. The predicted octanol–water partition coefficient (Wildman–Crippen LogP) is 4.50. The normalized spacial score (nSPS) is 16.8. The highest BCUT2D eigenvalue weighted by Gasteiger charge is 2.19. The Morgan fingerprint density at radius 2 is 1.59 bits per heavy atom. The van der Waals surface area contributed by atoms with Crippen molar-refractivity contribution in [3.63, 3.8) is 0 Å². The number of nitrogens with zero attached hydrogens (tertiary/aromatic N) is 2. The van der Waals surface area contributed by atoms with Crippen molar-refractivity contribution < 1.29 is 4.39 Å². The summed E-state index contributed by atoms with van der Waals surface area (Å²) in [7, 11) is 0. The van der Waals surface area contributed by atoms with Crippen LogP contribution in [0.5, 0.6) is 0 Å². The van der Waals surface area contributed by atoms with Crippen molar-refractivity contribution in [2.45, 2.75) is 60.0 Å². The first-order chi connectivity index (χ1) is 10.5. The zero-order chi connectivity index (χ0) is 16.7. The Labute approximate surface area is 136 Å². The molecule has 126 valence electrons. The molecule has 1 saturated heterocycles. The maximum Gasteiger partial charge on any atom is 0.126 e. The molecular weight excluding hydrogens is 275 g/mol. The second kappa shape index (κ2) is 9.26. The van der Waals surface area contributed by atoms with Crippen molar-refractivity contribution in [2.75, 3.05) is 26.2 Å². The molecule has 0 unspecified atom stereocenters. The van der Waals surface area contributed by atoms with E-state index in [1.165, 1.54) is 0 Å². The highest BCUT2D eigenvalue weighted by molar-refractivity contribution is 5.26. The molecule has 1 fully saturated rings. The largest absolute Gasteiger partial charge is 0.298 e. The molecule has 1 heterocycles. The molecule has 0 aromatic heterocycles. The molecule has 2 rings (SSSR count). The van der Waals surface area contributed by atoms with E-state index in [-0.39, 0.29) is 11.7 Å². The van der Waals surface area contributed by atoms with E-state index in [1.807, 2.05) is 33.8 Å². The van der Waals surface area contributed by atoms with E-state index >= 15 is 0 Å². The highest BCUT2D eigenvalue weighted by Crippen LogP contribution is 2.20. The monoisotopic (exact) mass is 308 g/mol. The predicted molar refractivity (Wildman–Crippen MR) is 93.8 cm³/mol. The molecule has 1 aliphatic rings. The van der Waals surface area contributed by atoms with Crippen LogP contribution in [0.2, 0.25) is 0 Å². The fourth-order valence-electron chi connectivity index (χ4n) is 2.83. The Kier molecular flexibility index (Phi) is 8.05. The van der Waals surface area contributed by atoms with Gasteiger partial charge in [0, 0.05) is 38.8 Å². The summed E-state index contributed by atoms with van der Waals surface area (Å²) in [5.41, 5.74) is 1.91. The fourth-order valence-corrected chi connectivity index (χ4v) is 2.83. The summed E-state index contributed by atoms with van der Waals surface area (Å²) in [5.74, 6) is 0.192. The number of hydrogen-bond acceptors (Lipinski definition) is 2. The molecular formula is C19H33FN2. The van der Waals surface area contributed by atoms with Crippen LogP contribution in [0.3, 0.4) is 0 Å². The molecule has 0 saturated carbocycles. The third-order valence-electron chi connectivity index (χ3n) is 4.23. The summed E-state index contributed by atoms with van der Waals surface area (Å²) in [6.45, 7) is 17.8. The molecule has 0 N–H and O–H groups in total. The lowest BCUT2D eigenvalue weighted by Crippen LogP contribution is -2.48. The number of rotatable bonds is 4. The number of piperazine rings is 1. The van der Waals surface area contributed by atoms with Gasteiger partial charge in [-0.1, -0.05) is 39.8 Å². The SMILES string of the molecule is CC.CC(C)c1ccc(CN2CCN(C(C)C)CC2)cc1F. The van der Waals surface area contributed by atoms with Gasteiger partial charge in [-0.2, -0.15) is 0 Å². The van der Waals surface area contributed by atoms with Crippen molar-refractivity contribution in [3.05, 3.63) is 35.1 Å². The molecule has 2 nitrogen and oxygen atoms in total. The van der Waals surface area contributed by atoms with Gasteiger partial charge in [-0.25, -0.2) is 4.39 Å². The van der Waals surface area contributed by atoms with Crippen LogP contribution in [0.25, 0.3) is 0 Å². The van der Waals surface area contributed by atoms with Crippen LogP contribution < -0.4 is 0 Å². The Bertz CT molecular complexity index is 435. The molecule has 0 bridgehead atoms. The van der Waals surface area contributed by atoms with E-state index in [9.17, 15) is 4.39 Å². The Morgan fingerprint density at radius 1 is 1.00 bits per heavy atom. The van der Waals surface area contributed by atoms with E-state index in [2.05, 4.69) is 29.7 Å². The van der Waals surface area contributed by atoms with Crippen LogP contribution in [-0.2, 0) is 6.54 Å². The van der Waals surface area contributed by atoms with Gasteiger partial charge >= 0.3 is 0 Å². The van der Waals surface area contributed by atoms with Gasteiger partial charge in [0.1, 0.15) is 5.82 Å². The summed E-state index contributed by atoms with van der Waals surface area (Å²) in [5, 5.41) is 0. The topological polar surface area (TPSA) is 6.48 Å². The van der Waals surface area contributed by atoms with Gasteiger partial charge in [0.05, 0.1) is 0 Å². The minimum Gasteiger partial charge on any atom is -0.298 e. The Hall–Kier alpha value is -0.930. The Morgan fingerprint density at radius 3 is 2.05 bits per heavy atom. The van der Waals surface area contributed by atoms with Crippen molar-refractivity contribution in [1.82, 2.24) is 9.80 Å². The van der Waals surface area contributed by atoms with Crippen molar-refractivity contribution in [3.8, 4) is 0 Å². The molecule has 0 spiro atoms. The van der Waals surface area contributed by atoms with Crippen LogP contribution in [0.15, 0.2) is 18.2 Å². The lowest BCUT2D eigenvalue weighted by atomic mass is 10.0. The Balaban J connectivity index is 0.00000116. The molecule has 1 aliphatic heterocycles. The maximum atomic E-state index is 14.0. The zero-order valence-electron chi connectivity index (χ0n) is 15.2. The summed E-state index contributed by atoms with van der Waals surface area (Å²) >= 11 is 0. The van der Waals surface area contributed by atoms with Gasteiger partial charge in [0.2, 0.25) is 0 Å². The summed E-state index contributed by atoms with van der Waals surface area (Å²) in [6.07, 6.45) is 0. The van der Waals surface area contributed by atoms with Crippen molar-refractivity contribution in [2.24, 2.45) is 0 Å². The molecule has 0 atom stereocenters. The molecule has 1 aromatic rings. The van der Waals surface area contributed by atoms with Crippen LogP contribution in [0.1, 0.15) is 58.6 Å². The molecule has 0 aliphatic carbocycles. The maximum absolute atomic E-state index is 14.0. The molecule has 3 heteroatoms. The highest BCUT2D eigenvalue weighted by atomic mass is 19.1. The average molecular weight is 308 g/mol. The third kappa shape index (κ3) is 5.36. The zero-order valence-corrected chi connectivity index (χ0v) is 15.2. The van der Waals surface area contributed by atoms with Gasteiger partial charge in [-0.15, -0.1) is 0 Å². The average Bonchev–Trinajstić information content (AvgIpc) is 2.49. The molecule has 0 amide bonds. The molecule has 0 radical (unpaired) electrons.